The second kappa shape index (κ2) is 7.72. The summed E-state index contributed by atoms with van der Waals surface area (Å²) in [4.78, 5) is 21.2. The van der Waals surface area contributed by atoms with Crippen molar-refractivity contribution in [1.82, 2.24) is 10.6 Å². The smallest absolute Gasteiger partial charge is 0.348 e. The number of hydrazine groups is 1. The van der Waals surface area contributed by atoms with Gasteiger partial charge in [0.2, 0.25) is 5.90 Å². The summed E-state index contributed by atoms with van der Waals surface area (Å²) in [5.41, 5.74) is 4.77. The summed E-state index contributed by atoms with van der Waals surface area (Å²) in [6.07, 6.45) is 0.876. The van der Waals surface area contributed by atoms with Crippen LogP contribution in [0.2, 0.25) is 0 Å². The van der Waals surface area contributed by atoms with E-state index < -0.39 is 6.03 Å². The Bertz CT molecular complexity index is 703. The van der Waals surface area contributed by atoms with Crippen LogP contribution in [0.4, 0.5) is 10.5 Å². The van der Waals surface area contributed by atoms with Crippen LogP contribution in [0.15, 0.2) is 65.7 Å². The average Bonchev–Trinajstić information content (AvgIpc) is 3.05. The molecule has 2 aromatic carbocycles. The fourth-order valence-electron chi connectivity index (χ4n) is 2.48. The maximum Gasteiger partial charge on any atom is 0.348 e. The molecule has 1 saturated heterocycles. The maximum atomic E-state index is 11.9. The highest BCUT2D eigenvalue weighted by molar-refractivity contribution is 5.98. The number of carbonyl (C=O) groups is 1. The minimum absolute atomic E-state index is 0.206. The maximum absolute atomic E-state index is 11.9. The van der Waals surface area contributed by atoms with E-state index in [0.29, 0.717) is 18.1 Å². The summed E-state index contributed by atoms with van der Waals surface area (Å²) >= 11 is 0. The van der Waals surface area contributed by atoms with Gasteiger partial charge in [0.1, 0.15) is 0 Å². The van der Waals surface area contributed by atoms with Crippen LogP contribution < -0.4 is 10.9 Å². The number of aliphatic imine (C=N–C) groups is 1. The Balaban J connectivity index is 1.53. The molecule has 1 aliphatic rings. The molecule has 0 aromatic heterocycles. The van der Waals surface area contributed by atoms with E-state index in [1.165, 1.54) is 5.56 Å². The van der Waals surface area contributed by atoms with Crippen molar-refractivity contribution in [2.24, 2.45) is 4.99 Å². The van der Waals surface area contributed by atoms with E-state index in [1.807, 2.05) is 41.4 Å². The molecule has 0 saturated carbocycles. The summed E-state index contributed by atoms with van der Waals surface area (Å²) < 4.78 is 0. The van der Waals surface area contributed by atoms with Crippen LogP contribution in [-0.4, -0.2) is 29.5 Å². The fraction of sp³-hybridized carbons (Fsp3) is 0.222. The van der Waals surface area contributed by atoms with Crippen LogP contribution in [0.5, 0.6) is 0 Å². The molecule has 0 bridgehead atoms. The second-order valence-electron chi connectivity index (χ2n) is 5.66. The lowest BCUT2D eigenvalue weighted by atomic mass is 10.1. The number of nitrogens with one attached hydrogen (secondary N) is 2. The molecule has 1 atom stereocenters. The van der Waals surface area contributed by atoms with E-state index in [1.54, 1.807) is 12.1 Å². The Morgan fingerprint density at radius 2 is 1.88 bits per heavy atom. The normalized spacial score (nSPS) is 17.5. The van der Waals surface area contributed by atoms with Crippen molar-refractivity contribution in [2.45, 2.75) is 19.4 Å². The third kappa shape index (κ3) is 4.41. The SMILES string of the molecule is C[C@@H](Cc1ccccc1)N1CC(=NC(=O)Nc2ccccc2)ON1. The van der Waals surface area contributed by atoms with E-state index in [0.717, 1.165) is 6.42 Å². The summed E-state index contributed by atoms with van der Waals surface area (Å²) in [5, 5.41) is 4.62. The van der Waals surface area contributed by atoms with Gasteiger partial charge in [-0.15, -0.1) is 0 Å². The molecule has 3 rings (SSSR count). The monoisotopic (exact) mass is 324 g/mol. The zero-order valence-corrected chi connectivity index (χ0v) is 13.5. The third-order valence-corrected chi connectivity index (χ3v) is 3.74. The Hall–Kier alpha value is -2.70. The predicted molar refractivity (Wildman–Crippen MR) is 93.4 cm³/mol. The highest BCUT2D eigenvalue weighted by Gasteiger charge is 2.25. The van der Waals surface area contributed by atoms with Gasteiger partial charge < -0.3 is 10.2 Å². The number of rotatable bonds is 4. The van der Waals surface area contributed by atoms with Crippen LogP contribution in [0.3, 0.4) is 0 Å². The number of hydrogen-bond donors (Lipinski definition) is 2. The molecule has 0 aliphatic carbocycles. The lowest BCUT2D eigenvalue weighted by Crippen LogP contribution is -2.39. The number of amides is 2. The molecule has 6 heteroatoms. The van der Waals surface area contributed by atoms with Crippen LogP contribution in [0, 0.1) is 0 Å². The van der Waals surface area contributed by atoms with Gasteiger partial charge in [-0.2, -0.15) is 10.0 Å². The van der Waals surface area contributed by atoms with E-state index in [4.69, 9.17) is 4.84 Å². The Morgan fingerprint density at radius 3 is 2.58 bits per heavy atom. The highest BCUT2D eigenvalue weighted by atomic mass is 16.7. The predicted octanol–water partition coefficient (Wildman–Crippen LogP) is 3.00. The van der Waals surface area contributed by atoms with Gasteiger partial charge in [-0.05, 0) is 31.0 Å². The number of anilines is 1. The quantitative estimate of drug-likeness (QED) is 0.907. The molecule has 1 heterocycles. The molecule has 2 amide bonds. The molecule has 2 aromatic rings. The van der Waals surface area contributed by atoms with Gasteiger partial charge in [-0.25, -0.2) is 4.79 Å². The van der Waals surface area contributed by atoms with E-state index in [2.05, 4.69) is 35.0 Å². The minimum Gasteiger partial charge on any atom is -0.376 e. The number of hydrogen-bond acceptors (Lipinski definition) is 4. The fourth-order valence-corrected chi connectivity index (χ4v) is 2.48. The van der Waals surface area contributed by atoms with Gasteiger partial charge in [0.25, 0.3) is 0 Å². The molecular formula is C18H20N4O2. The van der Waals surface area contributed by atoms with Crippen molar-refractivity contribution in [3.05, 3.63) is 66.2 Å². The van der Waals surface area contributed by atoms with Crippen LogP contribution in [-0.2, 0) is 11.3 Å². The molecule has 0 spiro atoms. The molecule has 24 heavy (non-hydrogen) atoms. The van der Waals surface area contributed by atoms with Crippen molar-refractivity contribution in [2.75, 3.05) is 11.9 Å². The van der Waals surface area contributed by atoms with Gasteiger partial charge in [0, 0.05) is 11.7 Å². The topological polar surface area (TPSA) is 66.0 Å². The zero-order chi connectivity index (χ0) is 16.8. The van der Waals surface area contributed by atoms with E-state index in [-0.39, 0.29) is 6.04 Å². The Morgan fingerprint density at radius 1 is 1.21 bits per heavy atom. The Kier molecular flexibility index (Phi) is 5.20. The number of nitrogens with zero attached hydrogens (tertiary/aromatic N) is 2. The number of urea groups is 1. The van der Waals surface area contributed by atoms with Gasteiger partial charge in [0.15, 0.2) is 0 Å². The Labute approximate surface area is 141 Å². The number of carbonyl (C=O) groups excluding carboxylic acids is 1. The van der Waals surface area contributed by atoms with Crippen LogP contribution >= 0.6 is 0 Å². The van der Waals surface area contributed by atoms with Crippen molar-refractivity contribution < 1.29 is 9.63 Å². The molecule has 1 aliphatic heterocycles. The summed E-state index contributed by atoms with van der Waals surface area (Å²) in [6, 6.07) is 19.2. The van der Waals surface area contributed by atoms with Crippen molar-refractivity contribution in [3.63, 3.8) is 0 Å². The lowest BCUT2D eigenvalue weighted by molar-refractivity contribution is 0.0281. The molecule has 0 unspecified atom stereocenters. The first-order chi connectivity index (χ1) is 11.7. The number of para-hydroxylation sites is 1. The van der Waals surface area contributed by atoms with Crippen molar-refractivity contribution in [3.8, 4) is 0 Å². The number of benzene rings is 2. The van der Waals surface area contributed by atoms with Crippen LogP contribution in [0.25, 0.3) is 0 Å². The van der Waals surface area contributed by atoms with Crippen LogP contribution in [0.1, 0.15) is 12.5 Å². The standard InChI is InChI=1S/C18H20N4O2/c1-14(12-15-8-4-2-5-9-15)22-13-17(24-21-22)20-18(23)19-16-10-6-3-7-11-16/h2-11,14,21H,12-13H2,1H3,(H,19,23)/t14-/m0/s1. The summed E-state index contributed by atoms with van der Waals surface area (Å²) in [5.74, 6) is 0.350. The minimum atomic E-state index is -0.449. The van der Waals surface area contributed by atoms with Crippen molar-refractivity contribution >= 4 is 17.6 Å². The third-order valence-electron chi connectivity index (χ3n) is 3.74. The van der Waals surface area contributed by atoms with Gasteiger partial charge >= 0.3 is 6.03 Å². The molecule has 124 valence electrons. The summed E-state index contributed by atoms with van der Waals surface area (Å²) in [6.45, 7) is 2.53. The van der Waals surface area contributed by atoms with Crippen molar-refractivity contribution in [1.29, 1.82) is 0 Å². The zero-order valence-electron chi connectivity index (χ0n) is 13.5. The molecule has 1 fully saturated rings. The first-order valence-corrected chi connectivity index (χ1v) is 7.87. The average molecular weight is 324 g/mol. The van der Waals surface area contributed by atoms with Gasteiger partial charge in [-0.3, -0.25) is 0 Å². The first-order valence-electron chi connectivity index (χ1n) is 7.87. The van der Waals surface area contributed by atoms with Gasteiger partial charge in [0.05, 0.1) is 6.54 Å². The molecule has 0 radical (unpaired) electrons. The summed E-state index contributed by atoms with van der Waals surface area (Å²) in [7, 11) is 0. The van der Waals surface area contributed by atoms with Gasteiger partial charge in [-0.1, -0.05) is 54.1 Å². The van der Waals surface area contributed by atoms with E-state index >= 15 is 0 Å². The highest BCUT2D eigenvalue weighted by Crippen LogP contribution is 2.11. The van der Waals surface area contributed by atoms with E-state index in [9.17, 15) is 4.79 Å². The molecule has 2 N–H and O–H groups in total. The first kappa shape index (κ1) is 16.2. The lowest BCUT2D eigenvalue weighted by Gasteiger charge is -2.20. The second-order valence-corrected chi connectivity index (χ2v) is 5.66. The molecule has 6 nitrogen and oxygen atoms in total. The molecular weight excluding hydrogens is 304 g/mol. The largest absolute Gasteiger partial charge is 0.376 e.